The monoisotopic (exact) mass is 259 g/mol. The Labute approximate surface area is 97.2 Å². The largest absolute Gasteiger partial charge is 0.505 e. The Bertz CT molecular complexity index is 298. The number of hydrogen-bond donors (Lipinski definition) is 2. The highest BCUT2D eigenvalue weighted by molar-refractivity contribution is 6.37. The zero-order chi connectivity index (χ0) is 10.0. The summed E-state index contributed by atoms with van der Waals surface area (Å²) in [5.74, 6) is -0.210. The minimum Gasteiger partial charge on any atom is -0.505 e. The van der Waals surface area contributed by atoms with E-state index in [9.17, 15) is 9.50 Å². The summed E-state index contributed by atoms with van der Waals surface area (Å²) >= 11 is 11.2. The number of phenols is 1. The van der Waals surface area contributed by atoms with Gasteiger partial charge in [0.2, 0.25) is 0 Å². The van der Waals surface area contributed by atoms with E-state index in [1.54, 1.807) is 0 Å². The summed E-state index contributed by atoms with van der Waals surface area (Å²) in [4.78, 5) is 0. The molecule has 1 rings (SSSR count). The van der Waals surface area contributed by atoms with E-state index in [1.807, 2.05) is 0 Å². The number of nitrogens with two attached hydrogens (primary N) is 1. The number of alkyl halides is 1. The zero-order valence-electron chi connectivity index (χ0n) is 7.01. The molecule has 0 heterocycles. The molecule has 0 radical (unpaired) electrons. The van der Waals surface area contributed by atoms with Crippen molar-refractivity contribution in [3.63, 3.8) is 0 Å². The van der Waals surface area contributed by atoms with Gasteiger partial charge in [0.05, 0.1) is 16.1 Å². The molecule has 0 saturated carbocycles. The van der Waals surface area contributed by atoms with E-state index < -0.39 is 12.7 Å². The molecule has 1 atom stereocenters. The third-order valence-corrected chi connectivity index (χ3v) is 2.21. The van der Waals surface area contributed by atoms with E-state index in [0.29, 0.717) is 5.56 Å². The summed E-state index contributed by atoms with van der Waals surface area (Å²) in [6.07, 6.45) is 0. The average Bonchev–Trinajstić information content (AvgIpc) is 2.12. The smallest absolute Gasteiger partial charge is 0.152 e. The molecule has 0 spiro atoms. The Morgan fingerprint density at radius 1 is 1.36 bits per heavy atom. The maximum Gasteiger partial charge on any atom is 0.152 e. The predicted molar refractivity (Wildman–Crippen MR) is 58.3 cm³/mol. The second-order valence-corrected chi connectivity index (χ2v) is 3.41. The van der Waals surface area contributed by atoms with Crippen molar-refractivity contribution in [3.05, 3.63) is 27.7 Å². The number of halogens is 4. The molecule has 0 aliphatic rings. The van der Waals surface area contributed by atoms with Crippen LogP contribution in [0.3, 0.4) is 0 Å². The number of phenolic OH excluding ortho intramolecular Hbond substituents is 1. The van der Waals surface area contributed by atoms with Gasteiger partial charge in [-0.15, -0.1) is 12.4 Å². The van der Waals surface area contributed by atoms with Gasteiger partial charge in [0, 0.05) is 0 Å². The lowest BCUT2D eigenvalue weighted by Crippen LogP contribution is -2.11. The van der Waals surface area contributed by atoms with Crippen LogP contribution < -0.4 is 5.73 Å². The maximum absolute atomic E-state index is 12.2. The third kappa shape index (κ3) is 2.89. The molecule has 0 bridgehead atoms. The first-order valence-corrected chi connectivity index (χ1v) is 4.31. The van der Waals surface area contributed by atoms with E-state index in [4.69, 9.17) is 28.9 Å². The molecule has 2 nitrogen and oxygen atoms in total. The molecule has 0 saturated heterocycles. The van der Waals surface area contributed by atoms with Crippen LogP contribution in [0.4, 0.5) is 4.39 Å². The van der Waals surface area contributed by atoms with Crippen molar-refractivity contribution in [1.29, 1.82) is 0 Å². The summed E-state index contributed by atoms with van der Waals surface area (Å²) in [7, 11) is 0. The van der Waals surface area contributed by atoms with Gasteiger partial charge in [-0.25, -0.2) is 4.39 Å². The van der Waals surface area contributed by atoms with Crippen LogP contribution in [0, 0.1) is 0 Å². The Morgan fingerprint density at radius 2 is 1.79 bits per heavy atom. The van der Waals surface area contributed by atoms with Crippen molar-refractivity contribution in [2.45, 2.75) is 6.04 Å². The van der Waals surface area contributed by atoms with E-state index in [0.717, 1.165) is 0 Å². The molecule has 0 unspecified atom stereocenters. The molecule has 1 aromatic rings. The highest BCUT2D eigenvalue weighted by Crippen LogP contribution is 2.34. The summed E-state index contributed by atoms with van der Waals surface area (Å²) in [5, 5.41) is 9.34. The lowest BCUT2D eigenvalue weighted by Gasteiger charge is -2.09. The molecule has 6 heteroatoms. The summed E-state index contributed by atoms with van der Waals surface area (Å²) in [6.45, 7) is -0.697. The molecule has 0 amide bonds. The van der Waals surface area contributed by atoms with E-state index in [2.05, 4.69) is 0 Å². The molecule has 0 aliphatic heterocycles. The predicted octanol–water partition coefficient (Wildman–Crippen LogP) is 3.09. The molecule has 14 heavy (non-hydrogen) atoms. The number of benzene rings is 1. The lowest BCUT2D eigenvalue weighted by molar-refractivity contribution is 0.436. The van der Waals surface area contributed by atoms with Gasteiger partial charge < -0.3 is 10.8 Å². The zero-order valence-corrected chi connectivity index (χ0v) is 9.33. The van der Waals surface area contributed by atoms with Gasteiger partial charge in [-0.1, -0.05) is 23.2 Å². The van der Waals surface area contributed by atoms with Crippen LogP contribution >= 0.6 is 35.6 Å². The van der Waals surface area contributed by atoms with Crippen molar-refractivity contribution in [2.24, 2.45) is 5.73 Å². The fourth-order valence-electron chi connectivity index (χ4n) is 0.888. The molecular weight excluding hydrogens is 251 g/mol. The number of hydrogen-bond acceptors (Lipinski definition) is 2. The van der Waals surface area contributed by atoms with Crippen LogP contribution in [0.5, 0.6) is 5.75 Å². The van der Waals surface area contributed by atoms with Crippen LogP contribution in [0.1, 0.15) is 11.6 Å². The van der Waals surface area contributed by atoms with Crippen molar-refractivity contribution in [3.8, 4) is 5.75 Å². The standard InChI is InChI=1S/C8H8Cl2FNO.ClH/c9-5-1-4(7(12)3-11)2-6(10)8(5)13;/h1-2,7,13H,3,12H2;1H/t7-;/m0./s1. The van der Waals surface area contributed by atoms with Crippen LogP contribution in [0.25, 0.3) is 0 Å². The van der Waals surface area contributed by atoms with E-state index in [-0.39, 0.29) is 28.2 Å². The van der Waals surface area contributed by atoms with Gasteiger partial charge in [-0.2, -0.15) is 0 Å². The highest BCUT2D eigenvalue weighted by Gasteiger charge is 2.11. The minimum absolute atomic E-state index is 0. The van der Waals surface area contributed by atoms with Crippen molar-refractivity contribution >= 4 is 35.6 Å². The first kappa shape index (κ1) is 13.8. The highest BCUT2D eigenvalue weighted by atomic mass is 35.5. The summed E-state index contributed by atoms with van der Waals surface area (Å²) in [5.41, 5.74) is 5.88. The van der Waals surface area contributed by atoms with Crippen LogP contribution in [0.2, 0.25) is 10.0 Å². The molecule has 1 aromatic carbocycles. The fraction of sp³-hybridized carbons (Fsp3) is 0.250. The van der Waals surface area contributed by atoms with Gasteiger partial charge in [0.1, 0.15) is 6.67 Å². The lowest BCUT2D eigenvalue weighted by atomic mass is 10.1. The molecule has 3 N–H and O–H groups in total. The Hall–Kier alpha value is -0.220. The van der Waals surface area contributed by atoms with E-state index >= 15 is 0 Å². The normalized spacial score (nSPS) is 12.0. The van der Waals surface area contributed by atoms with Gasteiger partial charge in [-0.3, -0.25) is 0 Å². The Morgan fingerprint density at radius 3 is 2.14 bits per heavy atom. The SMILES string of the molecule is Cl.N[C@@H](CF)c1cc(Cl)c(O)c(Cl)c1. The Kier molecular flexibility index (Phi) is 5.52. The van der Waals surface area contributed by atoms with Gasteiger partial charge >= 0.3 is 0 Å². The topological polar surface area (TPSA) is 46.2 Å². The first-order valence-electron chi connectivity index (χ1n) is 3.55. The molecule has 80 valence electrons. The quantitative estimate of drug-likeness (QED) is 0.858. The molecule has 0 aliphatic carbocycles. The third-order valence-electron chi connectivity index (χ3n) is 1.63. The second kappa shape index (κ2) is 5.61. The van der Waals surface area contributed by atoms with Gasteiger partial charge in [0.25, 0.3) is 0 Å². The summed E-state index contributed by atoms with van der Waals surface area (Å²) < 4.78 is 12.2. The fourth-order valence-corrected chi connectivity index (χ4v) is 1.39. The molecule has 0 fully saturated rings. The van der Waals surface area contributed by atoms with Gasteiger partial charge in [0.15, 0.2) is 5.75 Å². The second-order valence-electron chi connectivity index (χ2n) is 2.59. The minimum atomic E-state index is -0.754. The van der Waals surface area contributed by atoms with E-state index in [1.165, 1.54) is 12.1 Å². The number of rotatable bonds is 2. The van der Waals surface area contributed by atoms with Crippen LogP contribution in [-0.4, -0.2) is 11.8 Å². The van der Waals surface area contributed by atoms with Crippen LogP contribution in [0.15, 0.2) is 12.1 Å². The van der Waals surface area contributed by atoms with Gasteiger partial charge in [-0.05, 0) is 17.7 Å². The van der Waals surface area contributed by atoms with Crippen LogP contribution in [-0.2, 0) is 0 Å². The van der Waals surface area contributed by atoms with Crippen molar-refractivity contribution in [1.82, 2.24) is 0 Å². The maximum atomic E-state index is 12.2. The molecule has 0 aromatic heterocycles. The average molecular weight is 261 g/mol. The van der Waals surface area contributed by atoms with Crippen molar-refractivity contribution < 1.29 is 9.50 Å². The molecular formula is C8H9Cl3FNO. The Balaban J connectivity index is 0.00000169. The number of aromatic hydroxyl groups is 1. The summed E-state index contributed by atoms with van der Waals surface area (Å²) in [6, 6.07) is 2.04. The first-order chi connectivity index (χ1) is 6.06. The van der Waals surface area contributed by atoms with Crippen molar-refractivity contribution in [2.75, 3.05) is 6.67 Å².